The lowest BCUT2D eigenvalue weighted by atomic mass is 9.91. The maximum absolute atomic E-state index is 2.38. The van der Waals surface area contributed by atoms with E-state index in [4.69, 9.17) is 0 Å². The number of fused-ring (bicyclic) bond motifs is 5. The van der Waals surface area contributed by atoms with Crippen LogP contribution in [-0.2, 0) is 0 Å². The van der Waals surface area contributed by atoms with E-state index in [-0.39, 0.29) is 0 Å². The minimum absolute atomic E-state index is 1.08. The second-order valence-corrected chi connectivity index (χ2v) is 16.5. The molecule has 0 aliphatic heterocycles. The Kier molecular flexibility index (Phi) is 9.20. The van der Waals surface area contributed by atoms with Gasteiger partial charge in [-0.1, -0.05) is 188 Å². The lowest BCUT2D eigenvalue weighted by Crippen LogP contribution is -2.10. The number of anilines is 3. The lowest BCUT2D eigenvalue weighted by molar-refractivity contribution is 1.17. The van der Waals surface area contributed by atoms with Gasteiger partial charge in [0, 0.05) is 33.5 Å². The zero-order chi connectivity index (χ0) is 42.4. The Bertz CT molecular complexity index is 3570. The van der Waals surface area contributed by atoms with Gasteiger partial charge in [-0.3, -0.25) is 0 Å². The summed E-state index contributed by atoms with van der Waals surface area (Å²) >= 11 is 0. The third-order valence-corrected chi connectivity index (χ3v) is 12.8. The van der Waals surface area contributed by atoms with Crippen molar-refractivity contribution >= 4 is 60.4 Å². The molecule has 0 saturated carbocycles. The quantitative estimate of drug-likeness (QED) is 0.148. The first-order chi connectivity index (χ1) is 31.7. The van der Waals surface area contributed by atoms with Gasteiger partial charge in [-0.15, -0.1) is 0 Å². The maximum Gasteiger partial charge on any atom is 0.0541 e. The summed E-state index contributed by atoms with van der Waals surface area (Å²) < 4.78 is 2.38. The summed E-state index contributed by atoms with van der Waals surface area (Å²) in [7, 11) is 0. The molecule has 1 aromatic heterocycles. The van der Waals surface area contributed by atoms with Crippen molar-refractivity contribution in [2.24, 2.45) is 0 Å². The zero-order valence-corrected chi connectivity index (χ0v) is 35.1. The summed E-state index contributed by atoms with van der Waals surface area (Å²) in [4.78, 5) is 2.37. The number of rotatable bonds is 8. The van der Waals surface area contributed by atoms with Crippen molar-refractivity contribution in [1.82, 2.24) is 4.57 Å². The summed E-state index contributed by atoms with van der Waals surface area (Å²) in [5.41, 5.74) is 16.5. The number of hydrogen-bond acceptors (Lipinski definition) is 1. The molecule has 0 amide bonds. The van der Waals surface area contributed by atoms with Crippen molar-refractivity contribution in [1.29, 1.82) is 0 Å². The van der Waals surface area contributed by atoms with E-state index in [1.54, 1.807) is 0 Å². The van der Waals surface area contributed by atoms with Crippen LogP contribution in [0, 0.1) is 0 Å². The molecule has 0 aliphatic carbocycles. The molecule has 0 aliphatic rings. The highest BCUT2D eigenvalue weighted by molar-refractivity contribution is 6.09. The summed E-state index contributed by atoms with van der Waals surface area (Å²) in [5.74, 6) is 0. The van der Waals surface area contributed by atoms with Crippen molar-refractivity contribution in [2.45, 2.75) is 0 Å². The van der Waals surface area contributed by atoms with Crippen LogP contribution in [0.3, 0.4) is 0 Å². The molecule has 2 nitrogen and oxygen atoms in total. The van der Waals surface area contributed by atoms with Gasteiger partial charge in [0.1, 0.15) is 0 Å². The van der Waals surface area contributed by atoms with Gasteiger partial charge < -0.3 is 9.47 Å². The summed E-state index contributed by atoms with van der Waals surface area (Å²) in [6.45, 7) is 0. The average molecular weight is 815 g/mol. The molecular weight excluding hydrogens is 773 g/mol. The van der Waals surface area contributed by atoms with E-state index in [9.17, 15) is 0 Å². The molecule has 64 heavy (non-hydrogen) atoms. The van der Waals surface area contributed by atoms with Crippen LogP contribution < -0.4 is 4.90 Å². The Labute approximate surface area is 373 Å². The fourth-order valence-corrected chi connectivity index (χ4v) is 9.75. The van der Waals surface area contributed by atoms with Crippen LogP contribution in [0.15, 0.2) is 255 Å². The molecule has 0 fully saturated rings. The fraction of sp³-hybridized carbons (Fsp3) is 0. The molecule has 2 heteroatoms. The number of hydrogen-bond donors (Lipinski definition) is 0. The smallest absolute Gasteiger partial charge is 0.0541 e. The van der Waals surface area contributed by atoms with Crippen molar-refractivity contribution in [2.75, 3.05) is 4.90 Å². The number of nitrogens with zero attached hydrogens (tertiary/aromatic N) is 2. The number of benzene rings is 11. The Morgan fingerprint density at radius 3 is 1.28 bits per heavy atom. The largest absolute Gasteiger partial charge is 0.311 e. The van der Waals surface area contributed by atoms with Crippen LogP contribution >= 0.6 is 0 Å². The van der Waals surface area contributed by atoms with E-state index < -0.39 is 0 Å². The summed E-state index contributed by atoms with van der Waals surface area (Å²) in [6, 6.07) is 92.6. The molecule has 0 unspecified atom stereocenters. The lowest BCUT2D eigenvalue weighted by Gasteiger charge is -2.26. The third-order valence-electron chi connectivity index (χ3n) is 12.8. The first kappa shape index (κ1) is 37.3. The molecule has 0 atom stereocenters. The van der Waals surface area contributed by atoms with E-state index in [2.05, 4.69) is 264 Å². The van der Waals surface area contributed by atoms with Gasteiger partial charge in [-0.05, 0) is 133 Å². The Morgan fingerprint density at radius 1 is 0.266 bits per heavy atom. The molecule has 0 bridgehead atoms. The SMILES string of the molecule is c1ccc(-c2cccc3ccc(-c4ccc(N(c5ccc(-c6cccc7cccc(-c8ccccc8)c67)cc5)c5ccc(-n6c7ccccc7c7ccccc76)cc5)cc4)cc23)cc1. The first-order valence-corrected chi connectivity index (χ1v) is 22.0. The first-order valence-electron chi connectivity index (χ1n) is 22.0. The van der Waals surface area contributed by atoms with E-state index >= 15 is 0 Å². The van der Waals surface area contributed by atoms with E-state index in [1.165, 1.54) is 87.9 Å². The highest BCUT2D eigenvalue weighted by Gasteiger charge is 2.17. The highest BCUT2D eigenvalue weighted by Crippen LogP contribution is 2.41. The molecule has 0 N–H and O–H groups in total. The molecule has 12 rings (SSSR count). The number of para-hydroxylation sites is 2. The molecule has 12 aromatic rings. The molecule has 0 spiro atoms. The predicted octanol–water partition coefficient (Wildman–Crippen LogP) is 17.2. The van der Waals surface area contributed by atoms with Gasteiger partial charge in [0.25, 0.3) is 0 Å². The molecular formula is C62H42N2. The monoisotopic (exact) mass is 814 g/mol. The van der Waals surface area contributed by atoms with Crippen LogP contribution in [0.4, 0.5) is 17.1 Å². The molecule has 0 radical (unpaired) electrons. The normalized spacial score (nSPS) is 11.4. The summed E-state index contributed by atoms with van der Waals surface area (Å²) in [5, 5.41) is 7.50. The zero-order valence-electron chi connectivity index (χ0n) is 35.1. The van der Waals surface area contributed by atoms with Gasteiger partial charge in [0.05, 0.1) is 11.0 Å². The molecule has 300 valence electrons. The van der Waals surface area contributed by atoms with Crippen molar-refractivity contribution < 1.29 is 0 Å². The van der Waals surface area contributed by atoms with Crippen LogP contribution in [0.1, 0.15) is 0 Å². The van der Waals surface area contributed by atoms with Crippen molar-refractivity contribution in [3.63, 3.8) is 0 Å². The molecule has 0 saturated heterocycles. The number of aromatic nitrogens is 1. The van der Waals surface area contributed by atoms with E-state index in [0.717, 1.165) is 22.7 Å². The van der Waals surface area contributed by atoms with Crippen LogP contribution in [-0.4, -0.2) is 4.57 Å². The van der Waals surface area contributed by atoms with E-state index in [1.807, 2.05) is 0 Å². The van der Waals surface area contributed by atoms with Gasteiger partial charge in [-0.25, -0.2) is 0 Å². The van der Waals surface area contributed by atoms with Crippen molar-refractivity contribution in [3.05, 3.63) is 255 Å². The Hall–Kier alpha value is -8.46. The summed E-state index contributed by atoms with van der Waals surface area (Å²) in [6.07, 6.45) is 0. The standard InChI is InChI=1S/C62H42N2/c1-3-14-44(15-4-1)54-23-11-18-46-28-29-49(42-59(46)54)43-30-34-50(35-31-43)63(52-38-40-53(41-39-52)64-60-26-9-7-21-57(60)58-22-8-10-27-61(58)64)51-36-32-47(33-37-51)56-25-13-20-48-19-12-24-55(62(48)56)45-16-5-2-6-17-45/h1-42H. The third kappa shape index (κ3) is 6.52. The van der Waals surface area contributed by atoms with E-state index in [0.29, 0.717) is 0 Å². The second-order valence-electron chi connectivity index (χ2n) is 16.5. The van der Waals surface area contributed by atoms with Crippen molar-refractivity contribution in [3.8, 4) is 50.2 Å². The average Bonchev–Trinajstić information content (AvgIpc) is 3.71. The van der Waals surface area contributed by atoms with Crippen LogP contribution in [0.5, 0.6) is 0 Å². The van der Waals surface area contributed by atoms with Crippen LogP contribution in [0.25, 0.3) is 93.5 Å². The second kappa shape index (κ2) is 15.8. The van der Waals surface area contributed by atoms with Gasteiger partial charge in [0.15, 0.2) is 0 Å². The minimum atomic E-state index is 1.08. The predicted molar refractivity (Wildman–Crippen MR) is 272 cm³/mol. The van der Waals surface area contributed by atoms with Gasteiger partial charge >= 0.3 is 0 Å². The fourth-order valence-electron chi connectivity index (χ4n) is 9.75. The topological polar surface area (TPSA) is 8.17 Å². The Morgan fingerprint density at radius 2 is 0.703 bits per heavy atom. The minimum Gasteiger partial charge on any atom is -0.311 e. The van der Waals surface area contributed by atoms with Gasteiger partial charge in [-0.2, -0.15) is 0 Å². The Balaban J connectivity index is 0.958. The molecule has 11 aromatic carbocycles. The van der Waals surface area contributed by atoms with Crippen LogP contribution in [0.2, 0.25) is 0 Å². The highest BCUT2D eigenvalue weighted by atomic mass is 15.1. The van der Waals surface area contributed by atoms with Gasteiger partial charge in [0.2, 0.25) is 0 Å². The molecule has 1 heterocycles. The maximum atomic E-state index is 2.38.